The fraction of sp³-hybridized carbons (Fsp3) is 0.528. The summed E-state index contributed by atoms with van der Waals surface area (Å²) in [7, 11) is 0. The van der Waals surface area contributed by atoms with Gasteiger partial charge in [-0.25, -0.2) is 4.98 Å². The van der Waals surface area contributed by atoms with Gasteiger partial charge in [0.05, 0.1) is 41.3 Å². The van der Waals surface area contributed by atoms with E-state index in [4.69, 9.17) is 11.5 Å². The van der Waals surface area contributed by atoms with Crippen LogP contribution in [-0.2, 0) is 38.4 Å². The second-order valence-electron chi connectivity index (χ2n) is 15.0. The Morgan fingerprint density at radius 2 is 1.68 bits per heavy atom. The van der Waals surface area contributed by atoms with Gasteiger partial charge >= 0.3 is 0 Å². The van der Waals surface area contributed by atoms with Gasteiger partial charge in [0.15, 0.2) is 0 Å². The molecule has 2 aliphatic rings. The van der Waals surface area contributed by atoms with Gasteiger partial charge in [-0.1, -0.05) is 45.0 Å². The average Bonchev–Trinajstić information content (AvgIpc) is 3.77. The molecule has 0 unspecified atom stereocenters. The number of aldehydes is 1. The third-order valence-corrected chi connectivity index (χ3v) is 10.5. The molecule has 2 aliphatic heterocycles. The molecule has 1 aromatic carbocycles. The second kappa shape index (κ2) is 18.5. The molecule has 2 fully saturated rings. The normalized spacial score (nSPS) is 26.5. The molecule has 2 aromatic rings. The van der Waals surface area contributed by atoms with Crippen molar-refractivity contribution in [2.45, 2.75) is 82.8 Å². The van der Waals surface area contributed by atoms with Gasteiger partial charge in [-0.05, 0) is 29.9 Å². The smallest absolute Gasteiger partial charge is 0.247 e. The van der Waals surface area contributed by atoms with E-state index in [1.165, 1.54) is 11.3 Å². The number of nitrogens with two attached hydrogens (primary N) is 2. The number of carbonyl (C=O) groups excluding carboxylic acids is 8. The highest BCUT2D eigenvalue weighted by Gasteiger charge is 2.45. The third kappa shape index (κ3) is 10.9. The maximum atomic E-state index is 14.2. The number of amides is 7. The van der Waals surface area contributed by atoms with E-state index in [2.05, 4.69) is 36.9 Å². The zero-order chi connectivity index (χ0) is 41.4. The van der Waals surface area contributed by atoms with E-state index in [0.29, 0.717) is 11.8 Å². The molecule has 1 aromatic heterocycles. The van der Waals surface area contributed by atoms with Crippen LogP contribution in [0.3, 0.4) is 0 Å². The fourth-order valence-corrected chi connectivity index (χ4v) is 7.18. The van der Waals surface area contributed by atoms with Gasteiger partial charge < -0.3 is 58.2 Å². The van der Waals surface area contributed by atoms with Gasteiger partial charge in [0.1, 0.15) is 30.0 Å². The number of nitrogens with one attached hydrogen (secondary N) is 6. The molecule has 304 valence electrons. The van der Waals surface area contributed by atoms with Crippen LogP contribution in [0.2, 0.25) is 0 Å². The number of aliphatic hydroxyl groups excluding tert-OH is 1. The highest BCUT2D eigenvalue weighted by molar-refractivity contribution is 7.13. The Labute approximate surface area is 327 Å². The average molecular weight is 799 g/mol. The molecular formula is C36H50N10O9S. The number of primary amides is 1. The lowest BCUT2D eigenvalue weighted by atomic mass is 9.85. The lowest BCUT2D eigenvalue weighted by molar-refractivity contribution is -0.144. The standard InChI is InChI=1S/C36H50N10O9S/c1-19-29(56-18-42-19)21-7-5-20(6-8-21)28-33(54)40-13-27(51)45-36(15-37,17-47)16-41-23(9-10-25(38)49)31(52)39-12-26(50)43-30(35(2,3)4)34(55)46-14-22(48)11-24(46)32(53)44-28/h5-8,17-18,22-24,28,30,41,48H,9-16,37H2,1-4H3,(H2,38,49)(H,39,52)(H,40,54)(H,43,50)(H,44,53)(H,45,51)/t22-,23+,24+,28-,30-,36-/m1/s1. The highest BCUT2D eigenvalue weighted by atomic mass is 32.1. The predicted octanol–water partition coefficient (Wildman–Crippen LogP) is -2.75. The van der Waals surface area contributed by atoms with E-state index in [1.807, 2.05) is 6.92 Å². The maximum absolute atomic E-state index is 14.2. The van der Waals surface area contributed by atoms with Crippen molar-refractivity contribution in [1.82, 2.24) is 41.8 Å². The van der Waals surface area contributed by atoms with Crippen LogP contribution < -0.4 is 43.4 Å². The SMILES string of the molecule is Cc1ncsc1-c1ccc([C@H]2NC(=O)[C@@H]3C[C@@H](O)CN3C(=O)[C@H](C(C)(C)C)NC(=O)CNC(=O)[C@H](CCC(N)=O)NC[C@@](C=O)(CN)NC(=O)CNC2=O)cc1. The first-order valence-electron chi connectivity index (χ1n) is 18.0. The maximum Gasteiger partial charge on any atom is 0.247 e. The number of aliphatic hydroxyl groups is 1. The van der Waals surface area contributed by atoms with Crippen LogP contribution >= 0.6 is 11.3 Å². The molecular weight excluding hydrogens is 749 g/mol. The van der Waals surface area contributed by atoms with Gasteiger partial charge in [0.2, 0.25) is 41.4 Å². The molecule has 0 bridgehead atoms. The van der Waals surface area contributed by atoms with Crippen LogP contribution in [0, 0.1) is 12.3 Å². The number of benzene rings is 1. The lowest BCUT2D eigenvalue weighted by Gasteiger charge is -2.35. The summed E-state index contributed by atoms with van der Waals surface area (Å²) in [5, 5.41) is 26.2. The van der Waals surface area contributed by atoms with E-state index in [9.17, 15) is 43.5 Å². The molecule has 56 heavy (non-hydrogen) atoms. The van der Waals surface area contributed by atoms with E-state index >= 15 is 0 Å². The summed E-state index contributed by atoms with van der Waals surface area (Å²) in [6, 6.07) is 1.65. The number of hydrogen-bond donors (Lipinski definition) is 9. The summed E-state index contributed by atoms with van der Waals surface area (Å²) in [5.74, 6) is -5.38. The van der Waals surface area contributed by atoms with E-state index in [-0.39, 0.29) is 25.8 Å². The summed E-state index contributed by atoms with van der Waals surface area (Å²) in [5.41, 5.74) is 12.1. The molecule has 0 aliphatic carbocycles. The minimum Gasteiger partial charge on any atom is -0.391 e. The summed E-state index contributed by atoms with van der Waals surface area (Å²) < 4.78 is 0. The summed E-state index contributed by atoms with van der Waals surface area (Å²) in [6.45, 7) is 4.55. The van der Waals surface area contributed by atoms with E-state index in [1.54, 1.807) is 50.5 Å². The number of aryl methyl sites for hydroxylation is 1. The summed E-state index contributed by atoms with van der Waals surface area (Å²) in [4.78, 5) is 112. The van der Waals surface area contributed by atoms with E-state index in [0.717, 1.165) is 21.0 Å². The van der Waals surface area contributed by atoms with Crippen molar-refractivity contribution in [3.63, 3.8) is 0 Å². The molecule has 0 radical (unpaired) electrons. The molecule has 0 spiro atoms. The van der Waals surface area contributed by atoms with Crippen molar-refractivity contribution in [3.8, 4) is 10.4 Å². The van der Waals surface area contributed by atoms with Crippen LogP contribution in [0.4, 0.5) is 0 Å². The Hall–Kier alpha value is -5.31. The number of aromatic nitrogens is 1. The lowest BCUT2D eigenvalue weighted by Crippen LogP contribution is -2.64. The number of hydrogen-bond acceptors (Lipinski definition) is 13. The fourth-order valence-electron chi connectivity index (χ4n) is 6.36. The predicted molar refractivity (Wildman–Crippen MR) is 203 cm³/mol. The molecule has 7 amide bonds. The first kappa shape index (κ1) is 43.4. The van der Waals surface area contributed by atoms with Crippen LogP contribution in [0.25, 0.3) is 10.4 Å². The van der Waals surface area contributed by atoms with Gasteiger partial charge in [0.25, 0.3) is 0 Å². The van der Waals surface area contributed by atoms with Crippen molar-refractivity contribution < 1.29 is 43.5 Å². The number of carbonyl (C=O) groups is 8. The number of rotatable bonds is 7. The van der Waals surface area contributed by atoms with Crippen molar-refractivity contribution in [2.75, 3.05) is 32.7 Å². The summed E-state index contributed by atoms with van der Waals surface area (Å²) in [6.07, 6.45) is -1.32. The van der Waals surface area contributed by atoms with Crippen LogP contribution in [0.1, 0.15) is 57.3 Å². The molecule has 3 heterocycles. The van der Waals surface area contributed by atoms with Crippen molar-refractivity contribution >= 4 is 59.0 Å². The topological polar surface area (TPSA) is 297 Å². The second-order valence-corrected chi connectivity index (χ2v) is 15.8. The third-order valence-electron chi connectivity index (χ3n) is 9.57. The number of nitrogens with zero attached hydrogens (tertiary/aromatic N) is 2. The van der Waals surface area contributed by atoms with E-state index < -0.39 is 109 Å². The zero-order valence-electron chi connectivity index (χ0n) is 31.7. The molecule has 2 saturated heterocycles. The van der Waals surface area contributed by atoms with Gasteiger partial charge in [-0.3, -0.25) is 33.6 Å². The summed E-state index contributed by atoms with van der Waals surface area (Å²) >= 11 is 1.43. The van der Waals surface area contributed by atoms with Crippen molar-refractivity contribution in [3.05, 3.63) is 41.0 Å². The zero-order valence-corrected chi connectivity index (χ0v) is 32.5. The highest BCUT2D eigenvalue weighted by Crippen LogP contribution is 2.30. The molecule has 4 rings (SSSR count). The molecule has 20 heteroatoms. The molecule has 0 saturated carbocycles. The Bertz CT molecular complexity index is 1810. The van der Waals surface area contributed by atoms with Crippen LogP contribution in [0.5, 0.6) is 0 Å². The largest absolute Gasteiger partial charge is 0.391 e. The minimum atomic E-state index is -1.78. The number of fused-ring (bicyclic) bond motifs is 1. The molecule has 6 atom stereocenters. The van der Waals surface area contributed by atoms with Gasteiger partial charge in [-0.15, -0.1) is 11.3 Å². The molecule has 19 nitrogen and oxygen atoms in total. The Morgan fingerprint density at radius 3 is 2.27 bits per heavy atom. The van der Waals surface area contributed by atoms with Crippen molar-refractivity contribution in [1.29, 1.82) is 0 Å². The van der Waals surface area contributed by atoms with Gasteiger partial charge in [0, 0.05) is 32.5 Å². The first-order valence-corrected chi connectivity index (χ1v) is 18.9. The monoisotopic (exact) mass is 798 g/mol. The number of thiazole rings is 1. The molecule has 11 N–H and O–H groups in total. The first-order chi connectivity index (χ1) is 26.4. The Morgan fingerprint density at radius 1 is 1.02 bits per heavy atom. The van der Waals surface area contributed by atoms with Crippen molar-refractivity contribution in [2.24, 2.45) is 16.9 Å². The Kier molecular flexibility index (Phi) is 14.4. The van der Waals surface area contributed by atoms with Gasteiger partial charge in [-0.2, -0.15) is 0 Å². The quantitative estimate of drug-likeness (QED) is 0.129. The van der Waals surface area contributed by atoms with Crippen LogP contribution in [0.15, 0.2) is 29.8 Å². The van der Waals surface area contributed by atoms with Crippen LogP contribution in [-0.4, -0.2) is 125 Å². The minimum absolute atomic E-state index is 0.151. The Balaban J connectivity index is 1.72.